The van der Waals surface area contributed by atoms with Crippen LogP contribution in [-0.4, -0.2) is 48.6 Å². The second-order valence-corrected chi connectivity index (χ2v) is 5.69. The monoisotopic (exact) mass is 344 g/mol. The number of ether oxygens (including phenoxy) is 1. The molecule has 1 aliphatic heterocycles. The summed E-state index contributed by atoms with van der Waals surface area (Å²) in [6.45, 7) is 1.10. The zero-order valence-electron chi connectivity index (χ0n) is 13.4. The molecule has 1 saturated heterocycles. The first-order chi connectivity index (χ1) is 11.2. The van der Waals surface area contributed by atoms with Gasteiger partial charge in [0.2, 0.25) is 5.91 Å². The number of hydrogen-bond acceptors (Lipinski definition) is 3. The van der Waals surface area contributed by atoms with Gasteiger partial charge in [-0.3, -0.25) is 9.59 Å². The lowest BCUT2D eigenvalue weighted by Gasteiger charge is -2.40. The maximum atomic E-state index is 13.3. The normalized spacial score (nSPS) is 21.3. The number of para-hydroxylation sites is 1. The first-order valence-electron chi connectivity index (χ1n) is 7.52. The van der Waals surface area contributed by atoms with E-state index in [1.54, 1.807) is 12.1 Å². The maximum absolute atomic E-state index is 13.3. The van der Waals surface area contributed by atoms with Gasteiger partial charge in [-0.2, -0.15) is 13.2 Å². The van der Waals surface area contributed by atoms with Gasteiger partial charge in [-0.15, -0.1) is 0 Å². The molecule has 1 fully saturated rings. The van der Waals surface area contributed by atoms with Gasteiger partial charge < -0.3 is 15.0 Å². The van der Waals surface area contributed by atoms with E-state index in [4.69, 9.17) is 4.74 Å². The van der Waals surface area contributed by atoms with Crippen molar-refractivity contribution in [1.29, 1.82) is 0 Å². The Morgan fingerprint density at radius 2 is 1.92 bits per heavy atom. The highest BCUT2D eigenvalue weighted by Gasteiger charge is 2.48. The molecule has 2 amide bonds. The largest absolute Gasteiger partial charge is 0.496 e. The highest BCUT2D eigenvalue weighted by molar-refractivity contribution is 5.97. The van der Waals surface area contributed by atoms with Crippen molar-refractivity contribution in [2.24, 2.45) is 0 Å². The van der Waals surface area contributed by atoms with Crippen molar-refractivity contribution in [3.8, 4) is 5.75 Å². The Hall–Kier alpha value is -2.25. The van der Waals surface area contributed by atoms with Gasteiger partial charge in [-0.05, 0) is 25.0 Å². The number of halogens is 3. The first kappa shape index (κ1) is 18.1. The third-order valence-electron chi connectivity index (χ3n) is 3.97. The fraction of sp³-hybridized carbons (Fsp3) is 0.500. The SMILES string of the molecule is COc1ccccc1C(=O)N1C[C@H](NC(C)=O)CC[C@H]1C(F)(F)F. The molecule has 0 saturated carbocycles. The number of amides is 2. The number of carbonyl (C=O) groups excluding carboxylic acids is 2. The highest BCUT2D eigenvalue weighted by Crippen LogP contribution is 2.34. The Morgan fingerprint density at radius 3 is 2.50 bits per heavy atom. The minimum atomic E-state index is -4.53. The summed E-state index contributed by atoms with van der Waals surface area (Å²) in [6.07, 6.45) is -4.62. The molecule has 0 unspecified atom stereocenters. The fourth-order valence-electron chi connectivity index (χ4n) is 2.92. The van der Waals surface area contributed by atoms with Gasteiger partial charge in [0.25, 0.3) is 5.91 Å². The van der Waals surface area contributed by atoms with Gasteiger partial charge in [0.05, 0.1) is 12.7 Å². The number of rotatable bonds is 3. The van der Waals surface area contributed by atoms with Gasteiger partial charge in [-0.25, -0.2) is 0 Å². The second-order valence-electron chi connectivity index (χ2n) is 5.69. The van der Waals surface area contributed by atoms with Crippen LogP contribution in [0.15, 0.2) is 24.3 Å². The molecule has 0 spiro atoms. The Balaban J connectivity index is 2.32. The standard InChI is InChI=1S/C16H19F3N2O3/c1-10(22)20-11-7-8-14(16(17,18)19)21(9-11)15(23)12-5-3-4-6-13(12)24-2/h3-6,11,14H,7-9H2,1-2H3,(H,20,22)/t11-,14+/m1/s1. The van der Waals surface area contributed by atoms with Crippen LogP contribution in [0.3, 0.4) is 0 Å². The van der Waals surface area contributed by atoms with Gasteiger partial charge in [0, 0.05) is 19.5 Å². The van der Waals surface area contributed by atoms with Crippen molar-refractivity contribution in [2.45, 2.75) is 38.0 Å². The number of likely N-dealkylation sites (tertiary alicyclic amines) is 1. The van der Waals surface area contributed by atoms with Gasteiger partial charge in [0.15, 0.2) is 0 Å². The van der Waals surface area contributed by atoms with Gasteiger partial charge >= 0.3 is 6.18 Å². The highest BCUT2D eigenvalue weighted by atomic mass is 19.4. The molecule has 1 aliphatic rings. The molecular formula is C16H19F3N2O3. The lowest BCUT2D eigenvalue weighted by atomic mass is 9.96. The van der Waals surface area contributed by atoms with Crippen LogP contribution < -0.4 is 10.1 Å². The number of alkyl halides is 3. The van der Waals surface area contributed by atoms with E-state index >= 15 is 0 Å². The van der Waals surface area contributed by atoms with Crippen LogP contribution in [0.2, 0.25) is 0 Å². The molecule has 0 bridgehead atoms. The number of nitrogens with one attached hydrogen (secondary N) is 1. The van der Waals surface area contributed by atoms with E-state index in [0.29, 0.717) is 0 Å². The molecule has 0 aromatic heterocycles. The summed E-state index contributed by atoms with van der Waals surface area (Å²) in [5.74, 6) is -0.884. The second kappa shape index (κ2) is 7.11. The van der Waals surface area contributed by atoms with Crippen LogP contribution >= 0.6 is 0 Å². The van der Waals surface area contributed by atoms with Crippen molar-refractivity contribution < 1.29 is 27.5 Å². The number of hydrogen-bond donors (Lipinski definition) is 1. The van der Waals surface area contributed by atoms with Gasteiger partial charge in [-0.1, -0.05) is 12.1 Å². The molecule has 2 atom stereocenters. The predicted octanol–water partition coefficient (Wildman–Crippen LogP) is 2.37. The third-order valence-corrected chi connectivity index (χ3v) is 3.97. The van der Waals surface area contributed by atoms with Crippen molar-refractivity contribution >= 4 is 11.8 Å². The molecule has 1 aromatic carbocycles. The molecule has 0 aliphatic carbocycles. The van der Waals surface area contributed by atoms with Crippen molar-refractivity contribution in [2.75, 3.05) is 13.7 Å². The molecule has 24 heavy (non-hydrogen) atoms. The molecule has 132 valence electrons. The van der Waals surface area contributed by atoms with Crippen molar-refractivity contribution in [3.63, 3.8) is 0 Å². The summed E-state index contributed by atoms with van der Waals surface area (Å²) in [6, 6.07) is 3.77. The fourth-order valence-corrected chi connectivity index (χ4v) is 2.92. The summed E-state index contributed by atoms with van der Waals surface area (Å²) in [5.41, 5.74) is 0.0673. The van der Waals surface area contributed by atoms with E-state index in [1.807, 2.05) is 0 Å². The average Bonchev–Trinajstić information content (AvgIpc) is 2.52. The van der Waals surface area contributed by atoms with E-state index in [0.717, 1.165) is 4.90 Å². The zero-order valence-corrected chi connectivity index (χ0v) is 13.4. The summed E-state index contributed by atoms with van der Waals surface area (Å²) in [7, 11) is 1.35. The topological polar surface area (TPSA) is 58.6 Å². The van der Waals surface area contributed by atoms with E-state index in [-0.39, 0.29) is 36.6 Å². The summed E-state index contributed by atoms with van der Waals surface area (Å²) in [4.78, 5) is 24.7. The van der Waals surface area contributed by atoms with Gasteiger partial charge in [0.1, 0.15) is 11.8 Å². The lowest BCUT2D eigenvalue weighted by Crippen LogP contribution is -2.58. The molecule has 1 N–H and O–H groups in total. The Labute approximate surface area is 137 Å². The minimum Gasteiger partial charge on any atom is -0.496 e. The maximum Gasteiger partial charge on any atom is 0.408 e. The zero-order chi connectivity index (χ0) is 17.9. The quantitative estimate of drug-likeness (QED) is 0.916. The summed E-state index contributed by atoms with van der Waals surface area (Å²) >= 11 is 0. The van der Waals surface area contributed by atoms with Crippen LogP contribution in [0.4, 0.5) is 13.2 Å². The lowest BCUT2D eigenvalue weighted by molar-refractivity contribution is -0.184. The molecule has 5 nitrogen and oxygen atoms in total. The number of methoxy groups -OCH3 is 1. The van der Waals surface area contributed by atoms with Crippen LogP contribution in [0.1, 0.15) is 30.1 Å². The Kier molecular flexibility index (Phi) is 5.36. The van der Waals surface area contributed by atoms with Crippen molar-refractivity contribution in [3.05, 3.63) is 29.8 Å². The van der Waals surface area contributed by atoms with E-state index in [1.165, 1.54) is 26.2 Å². The average molecular weight is 344 g/mol. The van der Waals surface area contributed by atoms with E-state index < -0.39 is 24.2 Å². The molecule has 1 heterocycles. The van der Waals surface area contributed by atoms with Crippen LogP contribution in [0.25, 0.3) is 0 Å². The number of carbonyl (C=O) groups is 2. The van der Waals surface area contributed by atoms with Crippen LogP contribution in [-0.2, 0) is 4.79 Å². The molecule has 0 radical (unpaired) electrons. The van der Waals surface area contributed by atoms with E-state index in [2.05, 4.69) is 5.32 Å². The smallest absolute Gasteiger partial charge is 0.408 e. The van der Waals surface area contributed by atoms with Crippen LogP contribution in [0.5, 0.6) is 5.75 Å². The molecule has 1 aromatic rings. The summed E-state index contributed by atoms with van der Waals surface area (Å²) < 4.78 is 45.1. The molecular weight excluding hydrogens is 325 g/mol. The first-order valence-corrected chi connectivity index (χ1v) is 7.52. The Morgan fingerprint density at radius 1 is 1.25 bits per heavy atom. The third kappa shape index (κ3) is 3.98. The Bertz CT molecular complexity index is 619. The molecule has 8 heteroatoms. The predicted molar refractivity (Wildman–Crippen MR) is 80.7 cm³/mol. The van der Waals surface area contributed by atoms with Crippen molar-refractivity contribution in [1.82, 2.24) is 10.2 Å². The van der Waals surface area contributed by atoms with Crippen LogP contribution in [0, 0.1) is 0 Å². The minimum absolute atomic E-state index is 0.0673. The molecule has 2 rings (SSSR count). The number of piperidine rings is 1. The summed E-state index contributed by atoms with van der Waals surface area (Å²) in [5, 5.41) is 2.59. The van der Waals surface area contributed by atoms with E-state index in [9.17, 15) is 22.8 Å². The number of nitrogens with zero attached hydrogens (tertiary/aromatic N) is 1. The number of benzene rings is 1.